The minimum atomic E-state index is 0.834. The van der Waals surface area contributed by atoms with Crippen molar-refractivity contribution < 1.29 is 0 Å². The Kier molecular flexibility index (Phi) is 2.13. The van der Waals surface area contributed by atoms with E-state index in [0.29, 0.717) is 0 Å². The fourth-order valence-corrected chi connectivity index (χ4v) is 0.765. The van der Waals surface area contributed by atoms with Gasteiger partial charge in [-0.2, -0.15) is 0 Å². The number of allylic oxidation sites excluding steroid dienone is 3. The van der Waals surface area contributed by atoms with E-state index in [9.17, 15) is 0 Å². The standard InChI is InChI=1S/C8H10N/c1-2-4-8-5-3-6-9-7-8/h2-3,5,7H,1,4,6H2. The van der Waals surface area contributed by atoms with E-state index in [4.69, 9.17) is 0 Å². The van der Waals surface area contributed by atoms with Crippen LogP contribution in [0.1, 0.15) is 6.42 Å². The molecule has 0 aromatic heterocycles. The molecule has 1 heterocycles. The van der Waals surface area contributed by atoms with Crippen LogP contribution in [0.25, 0.3) is 0 Å². The summed E-state index contributed by atoms with van der Waals surface area (Å²) in [5.41, 5.74) is 1.25. The van der Waals surface area contributed by atoms with Crippen LogP contribution in [0.2, 0.25) is 0 Å². The lowest BCUT2D eigenvalue weighted by atomic mass is 10.1. The quantitative estimate of drug-likeness (QED) is 0.492. The van der Waals surface area contributed by atoms with Crippen LogP contribution in [0.4, 0.5) is 0 Å². The lowest BCUT2D eigenvalue weighted by Gasteiger charge is -2.02. The van der Waals surface area contributed by atoms with Gasteiger partial charge in [-0.15, -0.1) is 6.58 Å². The van der Waals surface area contributed by atoms with Crippen molar-refractivity contribution in [2.45, 2.75) is 6.42 Å². The monoisotopic (exact) mass is 120 g/mol. The smallest absolute Gasteiger partial charge is 0.0573 e. The zero-order chi connectivity index (χ0) is 6.53. The Balaban J connectivity index is 2.47. The van der Waals surface area contributed by atoms with Crippen LogP contribution in [-0.2, 0) is 0 Å². The molecule has 0 saturated carbocycles. The molecule has 1 aliphatic heterocycles. The lowest BCUT2D eigenvalue weighted by molar-refractivity contribution is 0.926. The Morgan fingerprint density at radius 2 is 2.67 bits per heavy atom. The molecule has 9 heavy (non-hydrogen) atoms. The maximum atomic E-state index is 4.08. The summed E-state index contributed by atoms with van der Waals surface area (Å²) in [7, 11) is 0. The Labute approximate surface area is 55.8 Å². The zero-order valence-corrected chi connectivity index (χ0v) is 5.38. The van der Waals surface area contributed by atoms with Gasteiger partial charge in [-0.25, -0.2) is 0 Å². The first-order valence-electron chi connectivity index (χ1n) is 3.06. The van der Waals surface area contributed by atoms with Gasteiger partial charge >= 0.3 is 0 Å². The average Bonchev–Trinajstić information content (AvgIpc) is 1.91. The molecule has 0 aromatic carbocycles. The van der Waals surface area contributed by atoms with Gasteiger partial charge in [-0.3, -0.25) is 5.32 Å². The third kappa shape index (κ3) is 1.76. The first kappa shape index (κ1) is 6.14. The second kappa shape index (κ2) is 3.13. The van der Waals surface area contributed by atoms with E-state index in [1.165, 1.54) is 5.57 Å². The van der Waals surface area contributed by atoms with Gasteiger partial charge in [0, 0.05) is 6.20 Å². The van der Waals surface area contributed by atoms with Gasteiger partial charge in [0.2, 0.25) is 0 Å². The molecule has 0 N–H and O–H groups in total. The molecule has 0 unspecified atom stereocenters. The van der Waals surface area contributed by atoms with E-state index in [0.717, 1.165) is 13.0 Å². The highest BCUT2D eigenvalue weighted by atomic mass is 14.8. The van der Waals surface area contributed by atoms with Crippen LogP contribution in [0.15, 0.2) is 36.6 Å². The molecule has 1 heteroatoms. The average molecular weight is 120 g/mol. The van der Waals surface area contributed by atoms with E-state index < -0.39 is 0 Å². The van der Waals surface area contributed by atoms with Crippen LogP contribution in [0, 0.1) is 0 Å². The molecule has 0 amide bonds. The van der Waals surface area contributed by atoms with Crippen LogP contribution in [0.5, 0.6) is 0 Å². The summed E-state index contributed by atoms with van der Waals surface area (Å²) in [6, 6.07) is 0. The van der Waals surface area contributed by atoms with E-state index in [2.05, 4.69) is 24.0 Å². The van der Waals surface area contributed by atoms with Gasteiger partial charge in [0.15, 0.2) is 0 Å². The molecule has 1 aliphatic rings. The van der Waals surface area contributed by atoms with Crippen LogP contribution >= 0.6 is 0 Å². The molecule has 1 nitrogen and oxygen atoms in total. The summed E-state index contributed by atoms with van der Waals surface area (Å²) in [5.74, 6) is 0. The van der Waals surface area contributed by atoms with Crippen LogP contribution in [-0.4, -0.2) is 6.54 Å². The fourth-order valence-electron chi connectivity index (χ4n) is 0.765. The third-order valence-corrected chi connectivity index (χ3v) is 1.18. The molecule has 0 saturated heterocycles. The first-order valence-corrected chi connectivity index (χ1v) is 3.06. The molecule has 47 valence electrons. The Hall–Kier alpha value is -0.980. The molecular formula is C8H10N. The molecule has 0 atom stereocenters. The fraction of sp³-hybridized carbons (Fsp3) is 0.250. The lowest BCUT2D eigenvalue weighted by Crippen LogP contribution is -2.00. The molecule has 0 fully saturated rings. The molecule has 0 bridgehead atoms. The highest BCUT2D eigenvalue weighted by molar-refractivity contribution is 5.23. The van der Waals surface area contributed by atoms with Crippen molar-refractivity contribution in [3.63, 3.8) is 0 Å². The van der Waals surface area contributed by atoms with E-state index in [1.807, 2.05) is 12.3 Å². The number of hydrogen-bond acceptors (Lipinski definition) is 0. The predicted octanol–water partition coefficient (Wildman–Crippen LogP) is 1.62. The number of hydrogen-bond donors (Lipinski definition) is 0. The molecule has 1 rings (SSSR count). The minimum Gasteiger partial charge on any atom is -0.289 e. The van der Waals surface area contributed by atoms with Crippen molar-refractivity contribution in [2.75, 3.05) is 6.54 Å². The highest BCUT2D eigenvalue weighted by Gasteiger charge is 1.92. The molecule has 0 aromatic rings. The van der Waals surface area contributed by atoms with E-state index in [1.54, 1.807) is 0 Å². The molecular weight excluding hydrogens is 110 g/mol. The van der Waals surface area contributed by atoms with Gasteiger partial charge in [0.25, 0.3) is 0 Å². The van der Waals surface area contributed by atoms with Crippen LogP contribution < -0.4 is 5.32 Å². The Bertz CT molecular complexity index is 154. The second-order valence-corrected chi connectivity index (χ2v) is 1.96. The Morgan fingerprint density at radius 1 is 1.78 bits per heavy atom. The SMILES string of the molecule is C=CCC1=C[N]CC=C1. The summed E-state index contributed by atoms with van der Waals surface area (Å²) in [5, 5.41) is 4.08. The summed E-state index contributed by atoms with van der Waals surface area (Å²) < 4.78 is 0. The van der Waals surface area contributed by atoms with E-state index >= 15 is 0 Å². The maximum Gasteiger partial charge on any atom is 0.0573 e. The summed E-state index contributed by atoms with van der Waals surface area (Å²) >= 11 is 0. The van der Waals surface area contributed by atoms with Gasteiger partial charge < -0.3 is 0 Å². The third-order valence-electron chi connectivity index (χ3n) is 1.18. The number of rotatable bonds is 2. The van der Waals surface area contributed by atoms with Crippen molar-refractivity contribution in [3.8, 4) is 0 Å². The minimum absolute atomic E-state index is 0.834. The Morgan fingerprint density at radius 3 is 3.22 bits per heavy atom. The summed E-state index contributed by atoms with van der Waals surface area (Å²) in [4.78, 5) is 0. The van der Waals surface area contributed by atoms with Crippen LogP contribution in [0.3, 0.4) is 0 Å². The molecule has 0 spiro atoms. The van der Waals surface area contributed by atoms with Crippen molar-refractivity contribution in [1.82, 2.24) is 5.32 Å². The maximum absolute atomic E-state index is 4.08. The normalized spacial score (nSPS) is 16.2. The van der Waals surface area contributed by atoms with Gasteiger partial charge in [-0.1, -0.05) is 18.2 Å². The topological polar surface area (TPSA) is 14.1 Å². The number of nitrogens with zero attached hydrogens (tertiary/aromatic N) is 1. The van der Waals surface area contributed by atoms with Gasteiger partial charge in [0.1, 0.15) is 0 Å². The van der Waals surface area contributed by atoms with E-state index in [-0.39, 0.29) is 0 Å². The summed E-state index contributed by atoms with van der Waals surface area (Å²) in [6.45, 7) is 4.47. The largest absolute Gasteiger partial charge is 0.289 e. The summed E-state index contributed by atoms with van der Waals surface area (Å²) in [6.07, 6.45) is 8.87. The van der Waals surface area contributed by atoms with Crippen molar-refractivity contribution in [1.29, 1.82) is 0 Å². The van der Waals surface area contributed by atoms with Gasteiger partial charge in [-0.05, 0) is 12.0 Å². The predicted molar refractivity (Wildman–Crippen MR) is 39.0 cm³/mol. The molecule has 1 radical (unpaired) electrons. The van der Waals surface area contributed by atoms with Crippen molar-refractivity contribution in [2.24, 2.45) is 0 Å². The first-order chi connectivity index (χ1) is 4.43. The van der Waals surface area contributed by atoms with Crippen molar-refractivity contribution >= 4 is 0 Å². The molecule has 0 aliphatic carbocycles. The van der Waals surface area contributed by atoms with Crippen molar-refractivity contribution in [3.05, 3.63) is 36.6 Å². The second-order valence-electron chi connectivity index (χ2n) is 1.96. The van der Waals surface area contributed by atoms with Gasteiger partial charge in [0.05, 0.1) is 6.54 Å². The zero-order valence-electron chi connectivity index (χ0n) is 5.38. The highest BCUT2D eigenvalue weighted by Crippen LogP contribution is 2.05.